The van der Waals surface area contributed by atoms with E-state index in [4.69, 9.17) is 14.5 Å². The summed E-state index contributed by atoms with van der Waals surface area (Å²) in [5, 5.41) is 0. The normalized spacial score (nSPS) is 11.6. The molecule has 0 saturated heterocycles. The second-order valence-corrected chi connectivity index (χ2v) is 13.3. The standard InChI is InChI=1S/C29H17BNO2.C19H16N.Ir/c1-2-8-19(9-3-1)20-14-16-24(31-18-20)21-15-17-27-28-29(21)33-26-13-7-5-11-23(26)30(28)22-10-4-6-12-25(22)32-27;1-14-8-10-17(11-9-14)19-12-18(15(2)13-20-19)16-6-4-3-5-7-16;/h1-14,16-18H;3-10,12-13H,1-2H3;/q2*-1;. The Bertz CT molecular complexity index is 2570. The SMILES string of the molecule is Cc1c[c-]c(-c2cc(-c3ccccc3)c(C)cn2)cc1.[Ir].[c-]1cc2c3c(c1-c1ccc(-c4ccccc4)cn1)Oc1ccccc1B3c1ccccc1O2. The van der Waals surface area contributed by atoms with Crippen molar-refractivity contribution in [1.82, 2.24) is 9.97 Å². The zero-order valence-electron chi connectivity index (χ0n) is 29.7. The van der Waals surface area contributed by atoms with Crippen LogP contribution < -0.4 is 25.9 Å². The molecule has 1 radical (unpaired) electrons. The number of rotatable bonds is 4. The third-order valence-corrected chi connectivity index (χ3v) is 9.82. The van der Waals surface area contributed by atoms with E-state index >= 15 is 0 Å². The maximum absolute atomic E-state index is 6.49. The fourth-order valence-corrected chi connectivity index (χ4v) is 7.12. The van der Waals surface area contributed by atoms with E-state index in [2.05, 4.69) is 116 Å². The molecule has 0 N–H and O–H groups in total. The van der Waals surface area contributed by atoms with Gasteiger partial charge in [-0.05, 0) is 69.2 Å². The average molecular weight is 873 g/mol. The van der Waals surface area contributed by atoms with Crippen molar-refractivity contribution in [3.63, 3.8) is 0 Å². The van der Waals surface area contributed by atoms with E-state index in [1.807, 2.05) is 79.1 Å². The van der Waals surface area contributed by atoms with Crippen LogP contribution in [0.25, 0.3) is 44.8 Å². The van der Waals surface area contributed by atoms with Gasteiger partial charge in [-0.15, -0.1) is 47.5 Å². The molecule has 10 rings (SSSR count). The number of fused-ring (bicyclic) bond motifs is 4. The summed E-state index contributed by atoms with van der Waals surface area (Å²) in [5.41, 5.74) is 14.1. The first-order chi connectivity index (χ1) is 26.1. The number of ether oxygens (including phenoxy) is 2. The predicted octanol–water partition coefficient (Wildman–Crippen LogP) is 9.77. The fraction of sp³-hybridized carbons (Fsp3) is 0.0417. The van der Waals surface area contributed by atoms with Crippen molar-refractivity contribution in [2.24, 2.45) is 0 Å². The van der Waals surface area contributed by atoms with E-state index in [1.165, 1.54) is 22.3 Å². The van der Waals surface area contributed by atoms with Crippen molar-refractivity contribution in [3.8, 4) is 67.8 Å². The average Bonchev–Trinajstić information content (AvgIpc) is 3.22. The second-order valence-electron chi connectivity index (χ2n) is 13.3. The van der Waals surface area contributed by atoms with Crippen LogP contribution in [-0.4, -0.2) is 16.7 Å². The van der Waals surface area contributed by atoms with Crippen molar-refractivity contribution in [2.75, 3.05) is 0 Å². The molecule has 0 amide bonds. The monoisotopic (exact) mass is 873 g/mol. The molecule has 0 spiro atoms. The summed E-state index contributed by atoms with van der Waals surface area (Å²) in [6.07, 6.45) is 3.84. The molecule has 8 aromatic rings. The molecule has 0 unspecified atom stereocenters. The maximum Gasteiger partial charge on any atom is 0.239 e. The Labute approximate surface area is 330 Å². The van der Waals surface area contributed by atoms with Gasteiger partial charge in [-0.1, -0.05) is 133 Å². The number of benzene rings is 6. The van der Waals surface area contributed by atoms with E-state index in [-0.39, 0.29) is 26.8 Å². The molecule has 4 heterocycles. The molecule has 2 aromatic heterocycles. The van der Waals surface area contributed by atoms with Gasteiger partial charge in [0, 0.05) is 44.0 Å². The molecule has 0 bridgehead atoms. The second kappa shape index (κ2) is 15.1. The third-order valence-electron chi connectivity index (χ3n) is 9.82. The van der Waals surface area contributed by atoms with Crippen LogP contribution in [0.1, 0.15) is 11.1 Å². The molecule has 0 fully saturated rings. The first-order valence-electron chi connectivity index (χ1n) is 17.8. The van der Waals surface area contributed by atoms with Gasteiger partial charge in [0.05, 0.1) is 0 Å². The summed E-state index contributed by atoms with van der Waals surface area (Å²) in [6.45, 7) is 4.21. The van der Waals surface area contributed by atoms with Gasteiger partial charge in [0.25, 0.3) is 0 Å². The summed E-state index contributed by atoms with van der Waals surface area (Å²) >= 11 is 0. The van der Waals surface area contributed by atoms with Crippen LogP contribution in [0.2, 0.25) is 0 Å². The number of aromatic nitrogens is 2. The van der Waals surface area contributed by atoms with Gasteiger partial charge in [-0.3, -0.25) is 0 Å². The number of aryl methyl sites for hydroxylation is 2. The largest absolute Gasteiger partial charge is 0.503 e. The zero-order valence-corrected chi connectivity index (χ0v) is 32.1. The number of nitrogens with zero attached hydrogens (tertiary/aromatic N) is 2. The van der Waals surface area contributed by atoms with Gasteiger partial charge in [-0.25, -0.2) is 0 Å². The summed E-state index contributed by atoms with van der Waals surface area (Å²) in [7, 11) is 0. The molecule has 4 nitrogen and oxygen atoms in total. The molecule has 54 heavy (non-hydrogen) atoms. The number of para-hydroxylation sites is 2. The Morgan fingerprint density at radius 2 is 1.19 bits per heavy atom. The molecule has 2 aliphatic heterocycles. The molecule has 2 aliphatic rings. The quantitative estimate of drug-likeness (QED) is 0.131. The van der Waals surface area contributed by atoms with E-state index in [0.717, 1.165) is 73.0 Å². The molecular formula is C48H33BIrN2O2-2. The van der Waals surface area contributed by atoms with Crippen LogP contribution in [0.5, 0.6) is 23.0 Å². The summed E-state index contributed by atoms with van der Waals surface area (Å²) in [6, 6.07) is 58.2. The zero-order chi connectivity index (χ0) is 35.7. The van der Waals surface area contributed by atoms with Crippen molar-refractivity contribution in [3.05, 3.63) is 187 Å². The molecule has 0 saturated carbocycles. The Balaban J connectivity index is 0.000000170. The molecule has 0 atom stereocenters. The molecule has 261 valence electrons. The van der Waals surface area contributed by atoms with E-state index in [1.54, 1.807) is 0 Å². The Morgan fingerprint density at radius 3 is 1.85 bits per heavy atom. The van der Waals surface area contributed by atoms with Gasteiger partial charge in [0.15, 0.2) is 0 Å². The van der Waals surface area contributed by atoms with Crippen LogP contribution in [0, 0.1) is 26.0 Å². The summed E-state index contributed by atoms with van der Waals surface area (Å²) < 4.78 is 12.8. The Morgan fingerprint density at radius 1 is 0.537 bits per heavy atom. The molecular weight excluding hydrogens is 840 g/mol. The van der Waals surface area contributed by atoms with Gasteiger partial charge in [-0.2, -0.15) is 0 Å². The van der Waals surface area contributed by atoms with Crippen molar-refractivity contribution >= 4 is 23.1 Å². The predicted molar refractivity (Wildman–Crippen MR) is 215 cm³/mol. The maximum atomic E-state index is 6.49. The first kappa shape index (κ1) is 35.0. The Kier molecular flexibility index (Phi) is 9.80. The molecule has 0 aliphatic carbocycles. The van der Waals surface area contributed by atoms with Crippen LogP contribution in [0.15, 0.2) is 164 Å². The first-order valence-corrected chi connectivity index (χ1v) is 17.8. The van der Waals surface area contributed by atoms with E-state index in [0.29, 0.717) is 0 Å². The van der Waals surface area contributed by atoms with Crippen LogP contribution in [0.4, 0.5) is 0 Å². The van der Waals surface area contributed by atoms with Crippen molar-refractivity contribution in [1.29, 1.82) is 0 Å². The van der Waals surface area contributed by atoms with Crippen LogP contribution in [0.3, 0.4) is 0 Å². The van der Waals surface area contributed by atoms with E-state index in [9.17, 15) is 0 Å². The van der Waals surface area contributed by atoms with E-state index < -0.39 is 0 Å². The van der Waals surface area contributed by atoms with Gasteiger partial charge < -0.3 is 19.4 Å². The minimum atomic E-state index is 0. The van der Waals surface area contributed by atoms with Crippen molar-refractivity contribution < 1.29 is 29.6 Å². The number of hydrogen-bond acceptors (Lipinski definition) is 4. The Hall–Kier alpha value is -6.07. The topological polar surface area (TPSA) is 44.2 Å². The van der Waals surface area contributed by atoms with Crippen LogP contribution >= 0.6 is 0 Å². The number of hydrogen-bond donors (Lipinski definition) is 0. The fourth-order valence-electron chi connectivity index (χ4n) is 7.12. The van der Waals surface area contributed by atoms with Crippen molar-refractivity contribution in [2.45, 2.75) is 13.8 Å². The minimum absolute atomic E-state index is 0. The van der Waals surface area contributed by atoms with Gasteiger partial charge in [0.1, 0.15) is 11.5 Å². The molecule has 6 aromatic carbocycles. The summed E-state index contributed by atoms with van der Waals surface area (Å²) in [4.78, 5) is 9.31. The number of pyridine rings is 2. The van der Waals surface area contributed by atoms with Crippen LogP contribution in [-0.2, 0) is 20.1 Å². The molecule has 6 heteroatoms. The van der Waals surface area contributed by atoms with Gasteiger partial charge >= 0.3 is 0 Å². The van der Waals surface area contributed by atoms with Gasteiger partial charge in [0.2, 0.25) is 6.71 Å². The minimum Gasteiger partial charge on any atom is -0.503 e. The smallest absolute Gasteiger partial charge is 0.239 e. The third kappa shape index (κ3) is 6.67. The summed E-state index contributed by atoms with van der Waals surface area (Å²) in [5.74, 6) is 3.29.